The second kappa shape index (κ2) is 6.27. The molecular formula is C16H24N2O2. The molecule has 110 valence electrons. The maximum absolute atomic E-state index is 12.0. The second-order valence-corrected chi connectivity index (χ2v) is 5.42. The van der Waals surface area contributed by atoms with Gasteiger partial charge in [0.1, 0.15) is 5.54 Å². The van der Waals surface area contributed by atoms with E-state index >= 15 is 0 Å². The van der Waals surface area contributed by atoms with Crippen molar-refractivity contribution in [2.24, 2.45) is 0 Å². The number of carbonyl (C=O) groups excluding carboxylic acids is 1. The summed E-state index contributed by atoms with van der Waals surface area (Å²) in [6.07, 6.45) is 1.82. The molecule has 0 aromatic heterocycles. The maximum atomic E-state index is 12.0. The summed E-state index contributed by atoms with van der Waals surface area (Å²) in [4.78, 5) is 14.4. The number of hydrogen-bond acceptors (Lipinski definition) is 4. The lowest BCUT2D eigenvalue weighted by Crippen LogP contribution is -2.50. The van der Waals surface area contributed by atoms with Gasteiger partial charge in [-0.05, 0) is 45.4 Å². The number of fused-ring (bicyclic) bond motifs is 1. The van der Waals surface area contributed by atoms with Crippen LogP contribution in [0.1, 0.15) is 25.8 Å². The van der Waals surface area contributed by atoms with Gasteiger partial charge in [-0.3, -0.25) is 4.79 Å². The van der Waals surface area contributed by atoms with Crippen molar-refractivity contribution in [2.75, 3.05) is 31.6 Å². The zero-order chi connectivity index (χ0) is 14.6. The van der Waals surface area contributed by atoms with Crippen molar-refractivity contribution < 1.29 is 9.53 Å². The van der Waals surface area contributed by atoms with Crippen LogP contribution in [0.2, 0.25) is 0 Å². The van der Waals surface area contributed by atoms with E-state index in [2.05, 4.69) is 34.5 Å². The smallest absolute Gasteiger partial charge is 0.326 e. The average Bonchev–Trinajstić information content (AvgIpc) is 2.88. The van der Waals surface area contributed by atoms with Gasteiger partial charge in [0, 0.05) is 18.8 Å². The Kier molecular flexibility index (Phi) is 4.65. The predicted molar refractivity (Wildman–Crippen MR) is 81.1 cm³/mol. The molecule has 4 heteroatoms. The summed E-state index contributed by atoms with van der Waals surface area (Å²) < 4.78 is 5.16. The fraction of sp³-hybridized carbons (Fsp3) is 0.562. The number of carbonyl (C=O) groups is 1. The van der Waals surface area contributed by atoms with Crippen molar-refractivity contribution in [3.05, 3.63) is 29.8 Å². The van der Waals surface area contributed by atoms with Crippen LogP contribution in [-0.4, -0.2) is 38.3 Å². The third-order valence-corrected chi connectivity index (χ3v) is 4.14. The van der Waals surface area contributed by atoms with Crippen LogP contribution < -0.4 is 10.2 Å². The fourth-order valence-electron chi connectivity index (χ4n) is 2.62. The van der Waals surface area contributed by atoms with Crippen molar-refractivity contribution >= 4 is 11.7 Å². The molecule has 1 atom stereocenters. The molecule has 4 nitrogen and oxygen atoms in total. The molecule has 0 bridgehead atoms. The largest absolute Gasteiger partial charge is 0.465 e. The number of nitrogens with one attached hydrogen (secondary N) is 1. The third kappa shape index (κ3) is 2.96. The highest BCUT2D eigenvalue weighted by Gasteiger charge is 2.33. The van der Waals surface area contributed by atoms with Crippen LogP contribution in [0.15, 0.2) is 24.3 Å². The monoisotopic (exact) mass is 276 g/mol. The molecule has 0 aliphatic carbocycles. The number of anilines is 1. The summed E-state index contributed by atoms with van der Waals surface area (Å²) in [7, 11) is 1.81. The number of ether oxygens (including phenoxy) is 1. The van der Waals surface area contributed by atoms with E-state index in [4.69, 9.17) is 4.74 Å². The predicted octanol–water partition coefficient (Wildman–Crippen LogP) is 1.98. The lowest BCUT2D eigenvalue weighted by atomic mass is 9.98. The maximum Gasteiger partial charge on any atom is 0.326 e. The summed E-state index contributed by atoms with van der Waals surface area (Å²) >= 11 is 0. The van der Waals surface area contributed by atoms with E-state index in [1.54, 1.807) is 0 Å². The van der Waals surface area contributed by atoms with Crippen molar-refractivity contribution in [1.82, 2.24) is 5.32 Å². The standard InChI is InChI=1S/C16H24N2O2/c1-4-20-15(19)16(2,17-3)10-12-18-11-9-13-7-5-6-8-14(13)18/h5-8,17H,4,9-12H2,1-3H3. The lowest BCUT2D eigenvalue weighted by Gasteiger charge is -2.29. The van der Waals surface area contributed by atoms with Crippen LogP contribution >= 0.6 is 0 Å². The second-order valence-electron chi connectivity index (χ2n) is 5.42. The summed E-state index contributed by atoms with van der Waals surface area (Å²) in [6, 6.07) is 8.49. The minimum absolute atomic E-state index is 0.171. The zero-order valence-corrected chi connectivity index (χ0v) is 12.6. The van der Waals surface area contributed by atoms with E-state index < -0.39 is 5.54 Å². The first kappa shape index (κ1) is 14.9. The van der Waals surface area contributed by atoms with Gasteiger partial charge in [0.15, 0.2) is 0 Å². The molecule has 0 spiro atoms. The molecule has 1 unspecified atom stereocenters. The third-order valence-electron chi connectivity index (χ3n) is 4.14. The van der Waals surface area contributed by atoms with Crippen LogP contribution in [-0.2, 0) is 16.0 Å². The van der Waals surface area contributed by atoms with Gasteiger partial charge in [-0.15, -0.1) is 0 Å². The normalized spacial score (nSPS) is 16.6. The Labute approximate surface area is 121 Å². The lowest BCUT2D eigenvalue weighted by molar-refractivity contribution is -0.150. The molecular weight excluding hydrogens is 252 g/mol. The topological polar surface area (TPSA) is 41.6 Å². The quantitative estimate of drug-likeness (QED) is 0.807. The van der Waals surface area contributed by atoms with Gasteiger partial charge in [-0.2, -0.15) is 0 Å². The molecule has 0 saturated heterocycles. The zero-order valence-electron chi connectivity index (χ0n) is 12.6. The number of para-hydroxylation sites is 1. The highest BCUT2D eigenvalue weighted by atomic mass is 16.5. The van der Waals surface area contributed by atoms with Crippen molar-refractivity contribution in [3.63, 3.8) is 0 Å². The van der Waals surface area contributed by atoms with Gasteiger partial charge in [0.05, 0.1) is 6.61 Å². The van der Waals surface area contributed by atoms with Crippen LogP contribution in [0.4, 0.5) is 5.69 Å². The van der Waals surface area contributed by atoms with E-state index in [1.807, 2.05) is 20.9 Å². The molecule has 1 aliphatic heterocycles. The Balaban J connectivity index is 1.99. The first-order valence-electron chi connectivity index (χ1n) is 7.29. The highest BCUT2D eigenvalue weighted by molar-refractivity contribution is 5.80. The van der Waals surface area contributed by atoms with Gasteiger partial charge >= 0.3 is 5.97 Å². The molecule has 0 fully saturated rings. The molecule has 0 radical (unpaired) electrons. The molecule has 0 saturated carbocycles. The van der Waals surface area contributed by atoms with E-state index in [1.165, 1.54) is 11.3 Å². The summed E-state index contributed by atoms with van der Waals surface area (Å²) in [5, 5.41) is 3.11. The molecule has 1 aliphatic rings. The summed E-state index contributed by atoms with van der Waals surface area (Å²) in [6.45, 7) is 6.05. The van der Waals surface area contributed by atoms with Crippen molar-refractivity contribution in [1.29, 1.82) is 0 Å². The number of hydrogen-bond donors (Lipinski definition) is 1. The molecule has 1 heterocycles. The molecule has 2 rings (SSSR count). The number of rotatable bonds is 6. The van der Waals surface area contributed by atoms with E-state index in [0.717, 1.165) is 25.9 Å². The fourth-order valence-corrected chi connectivity index (χ4v) is 2.62. The summed E-state index contributed by atoms with van der Waals surface area (Å²) in [5.41, 5.74) is 2.08. The van der Waals surface area contributed by atoms with Gasteiger partial charge in [-0.25, -0.2) is 0 Å². The first-order chi connectivity index (χ1) is 9.60. The van der Waals surface area contributed by atoms with Crippen LogP contribution in [0.5, 0.6) is 0 Å². The van der Waals surface area contributed by atoms with Crippen molar-refractivity contribution in [2.45, 2.75) is 32.2 Å². The Morgan fingerprint density at radius 2 is 2.20 bits per heavy atom. The SMILES string of the molecule is CCOC(=O)C(C)(CCN1CCc2ccccc21)NC. The Hall–Kier alpha value is -1.55. The van der Waals surface area contributed by atoms with E-state index in [9.17, 15) is 4.79 Å². The Bertz CT molecular complexity index is 475. The first-order valence-corrected chi connectivity index (χ1v) is 7.29. The number of benzene rings is 1. The molecule has 1 N–H and O–H groups in total. The van der Waals surface area contributed by atoms with E-state index in [-0.39, 0.29) is 5.97 Å². The minimum atomic E-state index is -0.618. The van der Waals surface area contributed by atoms with Crippen LogP contribution in [0, 0.1) is 0 Å². The Morgan fingerprint density at radius 1 is 1.45 bits per heavy atom. The molecule has 20 heavy (non-hydrogen) atoms. The van der Waals surface area contributed by atoms with Crippen molar-refractivity contribution in [3.8, 4) is 0 Å². The number of esters is 1. The molecule has 0 amide bonds. The number of nitrogens with zero attached hydrogens (tertiary/aromatic N) is 1. The van der Waals surface area contributed by atoms with Crippen LogP contribution in [0.25, 0.3) is 0 Å². The van der Waals surface area contributed by atoms with E-state index in [0.29, 0.717) is 6.61 Å². The summed E-state index contributed by atoms with van der Waals surface area (Å²) in [5.74, 6) is -0.171. The van der Waals surface area contributed by atoms with Gasteiger partial charge in [0.25, 0.3) is 0 Å². The minimum Gasteiger partial charge on any atom is -0.465 e. The van der Waals surface area contributed by atoms with Gasteiger partial charge in [-0.1, -0.05) is 18.2 Å². The Morgan fingerprint density at radius 3 is 2.90 bits per heavy atom. The van der Waals surface area contributed by atoms with Crippen LogP contribution in [0.3, 0.4) is 0 Å². The van der Waals surface area contributed by atoms with Gasteiger partial charge < -0.3 is 15.0 Å². The molecule has 1 aromatic carbocycles. The highest BCUT2D eigenvalue weighted by Crippen LogP contribution is 2.28. The average molecular weight is 276 g/mol. The molecule has 1 aromatic rings. The van der Waals surface area contributed by atoms with Gasteiger partial charge in [0.2, 0.25) is 0 Å². The number of likely N-dealkylation sites (N-methyl/N-ethyl adjacent to an activating group) is 1.